The van der Waals surface area contributed by atoms with Crippen LogP contribution in [0.3, 0.4) is 0 Å². The summed E-state index contributed by atoms with van der Waals surface area (Å²) in [6.45, 7) is -1.51. The molecule has 1 rings (SSSR count). The number of aliphatic hydroxyl groups excluding tert-OH is 1. The monoisotopic (exact) mass is 278 g/mol. The maximum Gasteiger partial charge on any atom is 0.314 e. The lowest BCUT2D eigenvalue weighted by atomic mass is 10.0. The Morgan fingerprint density at radius 3 is 2.58 bits per heavy atom. The van der Waals surface area contributed by atoms with E-state index < -0.39 is 34.9 Å². The molecule has 0 aliphatic rings. The summed E-state index contributed by atoms with van der Waals surface area (Å²) < 4.78 is 31.2. The molecule has 1 atom stereocenters. The quantitative estimate of drug-likeness (QED) is 0.544. The Balaban J connectivity index is 3.37. The number of nitro groups is 1. The number of rotatable bonds is 5. The number of hydrogen-bond donors (Lipinski definition) is 3. The molecule has 4 N–H and O–H groups in total. The Kier molecular flexibility index (Phi) is 4.22. The molecule has 0 aliphatic carbocycles. The average molecular weight is 278 g/mol. The van der Waals surface area contributed by atoms with E-state index in [4.69, 9.17) is 10.8 Å². The number of phenolic OH excluding ortho intramolecular Hbond substituents is 1. The minimum Gasteiger partial charge on any atom is -0.500 e. The molecule has 0 bridgehead atoms. The normalized spacial score (nSPS) is 13.1. The van der Waals surface area contributed by atoms with Gasteiger partial charge in [-0.2, -0.15) is 0 Å². The van der Waals surface area contributed by atoms with Gasteiger partial charge >= 0.3 is 5.69 Å². The smallest absolute Gasteiger partial charge is 0.314 e. The highest BCUT2D eigenvalue weighted by molar-refractivity contribution is 5.57. The van der Waals surface area contributed by atoms with E-state index in [0.29, 0.717) is 6.07 Å². The molecular formula is C10H12F2N2O5. The number of nitrogens with two attached hydrogens (primary N) is 1. The van der Waals surface area contributed by atoms with Crippen molar-refractivity contribution in [2.45, 2.75) is 12.0 Å². The van der Waals surface area contributed by atoms with Gasteiger partial charge in [-0.15, -0.1) is 0 Å². The number of alkyl halides is 2. The molecule has 9 heteroatoms. The van der Waals surface area contributed by atoms with Crippen LogP contribution in [0, 0.1) is 10.1 Å². The predicted octanol–water partition coefficient (Wildman–Crippen LogP) is 0.936. The van der Waals surface area contributed by atoms with Crippen LogP contribution >= 0.6 is 0 Å². The van der Waals surface area contributed by atoms with Gasteiger partial charge in [0.1, 0.15) is 6.61 Å². The van der Waals surface area contributed by atoms with E-state index in [-0.39, 0.29) is 11.3 Å². The van der Waals surface area contributed by atoms with Gasteiger partial charge in [0.05, 0.1) is 18.1 Å². The summed E-state index contributed by atoms with van der Waals surface area (Å²) in [5.41, 5.74) is 4.12. The number of benzene rings is 1. The Bertz CT molecular complexity index is 495. The first kappa shape index (κ1) is 15.1. The third-order valence-corrected chi connectivity index (χ3v) is 2.52. The van der Waals surface area contributed by atoms with Crippen molar-refractivity contribution in [3.63, 3.8) is 0 Å². The Morgan fingerprint density at radius 1 is 1.58 bits per heavy atom. The summed E-state index contributed by atoms with van der Waals surface area (Å²) in [6, 6.07) is -0.298. The average Bonchev–Trinajstić information content (AvgIpc) is 2.37. The Hall–Kier alpha value is -2.00. The molecule has 0 saturated heterocycles. The van der Waals surface area contributed by atoms with Gasteiger partial charge < -0.3 is 20.7 Å². The van der Waals surface area contributed by atoms with Crippen LogP contribution in [0.1, 0.15) is 11.6 Å². The SMILES string of the molecule is COc1cc([C@@H](N)C(F)(F)CO)cc([N+](=O)[O-])c1O. The molecule has 0 aromatic heterocycles. The second-order valence-electron chi connectivity index (χ2n) is 3.74. The van der Waals surface area contributed by atoms with Gasteiger partial charge in [0.15, 0.2) is 5.75 Å². The number of phenols is 1. The molecule has 0 spiro atoms. The maximum atomic E-state index is 13.3. The van der Waals surface area contributed by atoms with Crippen molar-refractivity contribution in [1.29, 1.82) is 0 Å². The predicted molar refractivity (Wildman–Crippen MR) is 60.3 cm³/mol. The first-order valence-electron chi connectivity index (χ1n) is 5.04. The minimum atomic E-state index is -3.66. The number of methoxy groups -OCH3 is 1. The molecule has 0 heterocycles. The van der Waals surface area contributed by atoms with Gasteiger partial charge in [-0.3, -0.25) is 10.1 Å². The van der Waals surface area contributed by atoms with Crippen molar-refractivity contribution in [1.82, 2.24) is 0 Å². The second kappa shape index (κ2) is 5.33. The lowest BCUT2D eigenvalue weighted by Gasteiger charge is -2.22. The topological polar surface area (TPSA) is 119 Å². The van der Waals surface area contributed by atoms with Crippen LogP contribution < -0.4 is 10.5 Å². The number of hydrogen-bond acceptors (Lipinski definition) is 6. The van der Waals surface area contributed by atoms with Crippen molar-refractivity contribution in [3.8, 4) is 11.5 Å². The van der Waals surface area contributed by atoms with Crippen molar-refractivity contribution >= 4 is 5.69 Å². The number of ether oxygens (including phenoxy) is 1. The van der Waals surface area contributed by atoms with Crippen LogP contribution in [-0.2, 0) is 0 Å². The highest BCUT2D eigenvalue weighted by Gasteiger charge is 2.38. The largest absolute Gasteiger partial charge is 0.500 e. The lowest BCUT2D eigenvalue weighted by Crippen LogP contribution is -2.36. The summed E-state index contributed by atoms with van der Waals surface area (Å²) in [7, 11) is 1.11. The molecule has 0 saturated carbocycles. The molecule has 1 aromatic carbocycles. The first-order chi connectivity index (χ1) is 8.74. The highest BCUT2D eigenvalue weighted by atomic mass is 19.3. The van der Waals surface area contributed by atoms with E-state index in [2.05, 4.69) is 4.74 Å². The molecule has 7 nitrogen and oxygen atoms in total. The van der Waals surface area contributed by atoms with Gasteiger partial charge in [0.25, 0.3) is 5.92 Å². The molecule has 106 valence electrons. The van der Waals surface area contributed by atoms with E-state index in [0.717, 1.165) is 13.2 Å². The number of nitro benzene ring substituents is 1. The minimum absolute atomic E-state index is 0.333. The molecule has 1 aromatic rings. The van der Waals surface area contributed by atoms with E-state index in [9.17, 15) is 24.0 Å². The van der Waals surface area contributed by atoms with E-state index >= 15 is 0 Å². The summed E-state index contributed by atoms with van der Waals surface area (Å²) in [5, 5.41) is 28.7. The highest BCUT2D eigenvalue weighted by Crippen LogP contribution is 2.40. The van der Waals surface area contributed by atoms with E-state index in [1.54, 1.807) is 0 Å². The molecule has 0 amide bonds. The summed E-state index contributed by atoms with van der Waals surface area (Å²) in [4.78, 5) is 9.74. The zero-order valence-electron chi connectivity index (χ0n) is 9.84. The van der Waals surface area contributed by atoms with Gasteiger partial charge in [-0.25, -0.2) is 8.78 Å². The van der Waals surface area contributed by atoms with Crippen LogP contribution in [0.2, 0.25) is 0 Å². The Morgan fingerprint density at radius 2 is 2.16 bits per heavy atom. The molecule has 0 unspecified atom stereocenters. The van der Waals surface area contributed by atoms with Crippen molar-refractivity contribution in [2.24, 2.45) is 5.73 Å². The number of nitrogens with zero attached hydrogens (tertiary/aromatic N) is 1. The molecule has 19 heavy (non-hydrogen) atoms. The second-order valence-corrected chi connectivity index (χ2v) is 3.74. The number of halogens is 2. The van der Waals surface area contributed by atoms with Crippen molar-refractivity contribution < 1.29 is 28.7 Å². The fourth-order valence-corrected chi connectivity index (χ4v) is 1.43. The van der Waals surface area contributed by atoms with Gasteiger partial charge in [-0.1, -0.05) is 0 Å². The maximum absolute atomic E-state index is 13.3. The third-order valence-electron chi connectivity index (χ3n) is 2.52. The van der Waals surface area contributed by atoms with Gasteiger partial charge in [-0.05, 0) is 11.6 Å². The first-order valence-corrected chi connectivity index (χ1v) is 5.04. The van der Waals surface area contributed by atoms with Crippen LogP contribution in [0.4, 0.5) is 14.5 Å². The van der Waals surface area contributed by atoms with Crippen molar-refractivity contribution in [2.75, 3.05) is 13.7 Å². The zero-order chi connectivity index (χ0) is 14.8. The van der Waals surface area contributed by atoms with Crippen LogP contribution in [0.25, 0.3) is 0 Å². The van der Waals surface area contributed by atoms with Crippen LogP contribution in [0.15, 0.2) is 12.1 Å². The lowest BCUT2D eigenvalue weighted by molar-refractivity contribution is -0.386. The summed E-state index contributed by atoms with van der Waals surface area (Å²) in [6.07, 6.45) is 0. The fraction of sp³-hybridized carbons (Fsp3) is 0.400. The molecule has 0 radical (unpaired) electrons. The molecule has 0 aliphatic heterocycles. The standard InChI is InChI=1S/C10H12F2N2O5/c1-19-7-3-5(9(13)10(11,12)4-15)2-6(8(7)16)14(17)18/h2-3,9,15-16H,4,13H2,1H3/t9-/m1/s1. The van der Waals surface area contributed by atoms with Gasteiger partial charge in [0.2, 0.25) is 5.75 Å². The zero-order valence-corrected chi connectivity index (χ0v) is 9.84. The van der Waals surface area contributed by atoms with Crippen molar-refractivity contribution in [3.05, 3.63) is 27.8 Å². The van der Waals surface area contributed by atoms with Crippen LogP contribution in [0.5, 0.6) is 11.5 Å². The summed E-state index contributed by atoms with van der Waals surface area (Å²) >= 11 is 0. The molecular weight excluding hydrogens is 266 g/mol. The molecule has 0 fully saturated rings. The Labute approximate surface area is 106 Å². The van der Waals surface area contributed by atoms with E-state index in [1.165, 1.54) is 0 Å². The van der Waals surface area contributed by atoms with E-state index in [1.807, 2.05) is 0 Å². The third kappa shape index (κ3) is 2.88. The van der Waals surface area contributed by atoms with Gasteiger partial charge in [0, 0.05) is 6.07 Å². The number of aliphatic hydroxyl groups is 1. The summed E-state index contributed by atoms with van der Waals surface area (Å²) in [5.74, 6) is -4.79. The number of aromatic hydroxyl groups is 1. The fourth-order valence-electron chi connectivity index (χ4n) is 1.43. The van der Waals surface area contributed by atoms with Crippen LogP contribution in [-0.4, -0.2) is 34.8 Å².